The fourth-order valence-corrected chi connectivity index (χ4v) is 3.66. The number of nitrogens with one attached hydrogen (secondary N) is 1. The number of aromatic nitrogens is 1. The summed E-state index contributed by atoms with van der Waals surface area (Å²) in [6.45, 7) is 5.90. The van der Waals surface area contributed by atoms with Crippen molar-refractivity contribution in [2.75, 3.05) is 20.2 Å². The molecule has 1 aromatic heterocycles. The van der Waals surface area contributed by atoms with E-state index >= 15 is 0 Å². The van der Waals surface area contributed by atoms with E-state index in [4.69, 9.17) is 10.00 Å². The van der Waals surface area contributed by atoms with E-state index in [9.17, 15) is 4.79 Å². The fraction of sp³-hybridized carbons (Fsp3) is 0.500. The summed E-state index contributed by atoms with van der Waals surface area (Å²) in [4.78, 5) is 14.1. The highest BCUT2D eigenvalue weighted by atomic mass is 16.5. The summed E-state index contributed by atoms with van der Waals surface area (Å²) in [5.41, 5.74) is 2.34. The monoisotopic (exact) mass is 354 g/mol. The van der Waals surface area contributed by atoms with Gasteiger partial charge in [0.2, 0.25) is 5.91 Å². The van der Waals surface area contributed by atoms with Gasteiger partial charge in [-0.2, -0.15) is 5.26 Å². The van der Waals surface area contributed by atoms with E-state index in [0.29, 0.717) is 6.54 Å². The quantitative estimate of drug-likeness (QED) is 0.865. The predicted molar refractivity (Wildman–Crippen MR) is 101 cm³/mol. The third-order valence-electron chi connectivity index (χ3n) is 5.10. The van der Waals surface area contributed by atoms with Gasteiger partial charge in [-0.05, 0) is 51.0 Å². The molecule has 0 spiro atoms. The van der Waals surface area contributed by atoms with Crippen LogP contribution in [0.15, 0.2) is 24.3 Å². The molecular formula is C20H26N4O2. The molecule has 1 aromatic carbocycles. The molecule has 2 atom stereocenters. The van der Waals surface area contributed by atoms with Crippen LogP contribution in [-0.2, 0) is 11.3 Å². The highest BCUT2D eigenvalue weighted by Crippen LogP contribution is 2.24. The highest BCUT2D eigenvalue weighted by molar-refractivity contribution is 5.83. The number of amides is 1. The van der Waals surface area contributed by atoms with Crippen LogP contribution in [0, 0.1) is 18.3 Å². The Labute approximate surface area is 154 Å². The SMILES string of the molecule is COc1ccc2c(c1)cc(C)n2CC(C)NCC(=O)N1CCC[C@H]1C#N. The number of nitrogens with zero attached hydrogens (tertiary/aromatic N) is 3. The summed E-state index contributed by atoms with van der Waals surface area (Å²) in [5, 5.41) is 13.6. The van der Waals surface area contributed by atoms with Gasteiger partial charge in [-0.1, -0.05) is 0 Å². The van der Waals surface area contributed by atoms with E-state index in [2.05, 4.69) is 41.9 Å². The Bertz CT molecular complexity index is 836. The fourth-order valence-electron chi connectivity index (χ4n) is 3.66. The number of aryl methyl sites for hydroxylation is 1. The van der Waals surface area contributed by atoms with Gasteiger partial charge < -0.3 is 19.5 Å². The van der Waals surface area contributed by atoms with E-state index in [1.807, 2.05) is 12.1 Å². The zero-order valence-corrected chi connectivity index (χ0v) is 15.7. The molecule has 3 rings (SSSR count). The molecule has 1 fully saturated rings. The lowest BCUT2D eigenvalue weighted by Crippen LogP contribution is -2.43. The van der Waals surface area contributed by atoms with Crippen LogP contribution in [0.4, 0.5) is 0 Å². The summed E-state index contributed by atoms with van der Waals surface area (Å²) >= 11 is 0. The van der Waals surface area contributed by atoms with E-state index < -0.39 is 0 Å². The van der Waals surface area contributed by atoms with Crippen molar-refractivity contribution >= 4 is 16.8 Å². The smallest absolute Gasteiger partial charge is 0.237 e. The molecule has 138 valence electrons. The minimum atomic E-state index is -0.259. The van der Waals surface area contributed by atoms with Crippen LogP contribution < -0.4 is 10.1 Å². The van der Waals surface area contributed by atoms with Gasteiger partial charge in [-0.3, -0.25) is 4.79 Å². The molecule has 1 N–H and O–H groups in total. The number of hydrogen-bond acceptors (Lipinski definition) is 4. The lowest BCUT2D eigenvalue weighted by molar-refractivity contribution is -0.130. The van der Waals surface area contributed by atoms with Crippen LogP contribution in [0.1, 0.15) is 25.5 Å². The average molecular weight is 354 g/mol. The Morgan fingerprint density at radius 1 is 1.46 bits per heavy atom. The molecule has 6 nitrogen and oxygen atoms in total. The summed E-state index contributed by atoms with van der Waals surface area (Å²) in [6.07, 6.45) is 1.70. The molecule has 1 aliphatic rings. The number of methoxy groups -OCH3 is 1. The molecule has 6 heteroatoms. The molecule has 0 radical (unpaired) electrons. The number of likely N-dealkylation sites (tertiary alicyclic amines) is 1. The lowest BCUT2D eigenvalue weighted by Gasteiger charge is -2.22. The first-order valence-corrected chi connectivity index (χ1v) is 9.10. The van der Waals surface area contributed by atoms with Gasteiger partial charge in [0.1, 0.15) is 11.8 Å². The van der Waals surface area contributed by atoms with Gasteiger partial charge >= 0.3 is 0 Å². The van der Waals surface area contributed by atoms with Crippen molar-refractivity contribution in [2.45, 2.75) is 45.3 Å². The third-order valence-corrected chi connectivity index (χ3v) is 5.10. The third kappa shape index (κ3) is 3.68. The average Bonchev–Trinajstić information content (AvgIpc) is 3.23. The van der Waals surface area contributed by atoms with Crippen LogP contribution in [-0.4, -0.2) is 47.7 Å². The second-order valence-electron chi connectivity index (χ2n) is 6.98. The van der Waals surface area contributed by atoms with Gasteiger partial charge in [-0.15, -0.1) is 0 Å². The number of carbonyl (C=O) groups excluding carboxylic acids is 1. The molecule has 0 bridgehead atoms. The minimum absolute atomic E-state index is 0.0136. The van der Waals surface area contributed by atoms with Crippen LogP contribution in [0.2, 0.25) is 0 Å². The van der Waals surface area contributed by atoms with E-state index in [0.717, 1.165) is 36.0 Å². The molecule has 0 aliphatic carbocycles. The summed E-state index contributed by atoms with van der Waals surface area (Å²) in [5.74, 6) is 0.865. The first-order valence-electron chi connectivity index (χ1n) is 9.10. The van der Waals surface area contributed by atoms with Crippen LogP contribution in [0.5, 0.6) is 5.75 Å². The van der Waals surface area contributed by atoms with Gasteiger partial charge in [0.15, 0.2) is 0 Å². The van der Waals surface area contributed by atoms with Crippen LogP contribution >= 0.6 is 0 Å². The van der Waals surface area contributed by atoms with Crippen molar-refractivity contribution in [2.24, 2.45) is 0 Å². The Morgan fingerprint density at radius 2 is 2.27 bits per heavy atom. The number of hydrogen-bond donors (Lipinski definition) is 1. The number of ether oxygens (including phenoxy) is 1. The molecule has 1 amide bonds. The van der Waals surface area contributed by atoms with E-state index in [-0.39, 0.29) is 24.5 Å². The first-order chi connectivity index (χ1) is 12.5. The zero-order valence-electron chi connectivity index (χ0n) is 15.7. The van der Waals surface area contributed by atoms with Crippen LogP contribution in [0.3, 0.4) is 0 Å². The molecule has 2 heterocycles. The Hall–Kier alpha value is -2.52. The van der Waals surface area contributed by atoms with Gasteiger partial charge in [-0.25, -0.2) is 0 Å². The minimum Gasteiger partial charge on any atom is -0.497 e. The van der Waals surface area contributed by atoms with Gasteiger partial charge in [0.05, 0.1) is 19.7 Å². The maximum atomic E-state index is 12.4. The van der Waals surface area contributed by atoms with Crippen molar-refractivity contribution in [1.82, 2.24) is 14.8 Å². The molecule has 2 aromatic rings. The largest absolute Gasteiger partial charge is 0.497 e. The van der Waals surface area contributed by atoms with E-state index in [1.165, 1.54) is 5.69 Å². The lowest BCUT2D eigenvalue weighted by atomic mass is 10.2. The normalized spacial score (nSPS) is 18.1. The molecule has 1 unspecified atom stereocenters. The number of benzene rings is 1. The van der Waals surface area contributed by atoms with Crippen molar-refractivity contribution in [3.63, 3.8) is 0 Å². The molecular weight excluding hydrogens is 328 g/mol. The maximum absolute atomic E-state index is 12.4. The number of fused-ring (bicyclic) bond motifs is 1. The Kier molecular flexibility index (Phi) is 5.48. The van der Waals surface area contributed by atoms with Crippen molar-refractivity contribution in [3.05, 3.63) is 30.0 Å². The molecule has 1 aliphatic heterocycles. The van der Waals surface area contributed by atoms with Crippen molar-refractivity contribution in [1.29, 1.82) is 5.26 Å². The van der Waals surface area contributed by atoms with Crippen molar-refractivity contribution in [3.8, 4) is 11.8 Å². The first kappa shape index (κ1) is 18.3. The van der Waals surface area contributed by atoms with Crippen LogP contribution in [0.25, 0.3) is 10.9 Å². The number of carbonyl (C=O) groups is 1. The molecule has 0 saturated carbocycles. The summed E-state index contributed by atoms with van der Waals surface area (Å²) in [6, 6.07) is 10.3. The summed E-state index contributed by atoms with van der Waals surface area (Å²) < 4.78 is 7.55. The number of rotatable bonds is 6. The standard InChI is InChI=1S/C20H26N4O2/c1-14(22-12-20(25)23-8-4-5-17(23)11-21)13-24-15(2)9-16-10-18(26-3)6-7-19(16)24/h6-7,9-10,14,17,22H,4-5,8,12-13H2,1-3H3/t14?,17-/m0/s1. The zero-order chi connectivity index (χ0) is 18.7. The highest BCUT2D eigenvalue weighted by Gasteiger charge is 2.28. The molecule has 26 heavy (non-hydrogen) atoms. The topological polar surface area (TPSA) is 70.3 Å². The molecule has 1 saturated heterocycles. The Morgan fingerprint density at radius 3 is 3.00 bits per heavy atom. The Balaban J connectivity index is 1.62. The van der Waals surface area contributed by atoms with Crippen molar-refractivity contribution < 1.29 is 9.53 Å². The van der Waals surface area contributed by atoms with E-state index in [1.54, 1.807) is 12.0 Å². The second kappa shape index (κ2) is 7.79. The maximum Gasteiger partial charge on any atom is 0.237 e. The summed E-state index contributed by atoms with van der Waals surface area (Å²) in [7, 11) is 1.67. The predicted octanol–water partition coefficient (Wildman–Crippen LogP) is 2.45. The second-order valence-corrected chi connectivity index (χ2v) is 6.98. The number of nitriles is 1. The van der Waals surface area contributed by atoms with Gasteiger partial charge in [0.25, 0.3) is 0 Å². The van der Waals surface area contributed by atoms with Gasteiger partial charge in [0, 0.05) is 35.7 Å².